The van der Waals surface area contributed by atoms with E-state index in [-0.39, 0.29) is 5.91 Å². The summed E-state index contributed by atoms with van der Waals surface area (Å²) in [6.45, 7) is 4.26. The van der Waals surface area contributed by atoms with Gasteiger partial charge in [-0.1, -0.05) is 30.3 Å². The molecule has 0 spiro atoms. The molecule has 0 aromatic heterocycles. The van der Waals surface area contributed by atoms with E-state index in [4.69, 9.17) is 18.9 Å². The van der Waals surface area contributed by atoms with Crippen LogP contribution in [0.25, 0.3) is 0 Å². The van der Waals surface area contributed by atoms with E-state index in [9.17, 15) is 4.79 Å². The van der Waals surface area contributed by atoms with Crippen LogP contribution in [0.15, 0.2) is 66.7 Å². The monoisotopic (exact) mass is 490 g/mol. The number of rotatable bonds is 12. The van der Waals surface area contributed by atoms with Crippen LogP contribution in [0.5, 0.6) is 23.0 Å². The lowest BCUT2D eigenvalue weighted by molar-refractivity contribution is 0.0944. The van der Waals surface area contributed by atoms with Gasteiger partial charge < -0.3 is 29.2 Å². The third-order valence-corrected chi connectivity index (χ3v) is 6.23. The highest BCUT2D eigenvalue weighted by Crippen LogP contribution is 2.33. The van der Waals surface area contributed by atoms with Crippen molar-refractivity contribution >= 4 is 5.91 Å². The number of ether oxygens (including phenoxy) is 4. The summed E-state index contributed by atoms with van der Waals surface area (Å²) < 4.78 is 22.8. The zero-order valence-electron chi connectivity index (χ0n) is 21.0. The summed E-state index contributed by atoms with van der Waals surface area (Å²) in [5, 5.41) is 3.05. The summed E-state index contributed by atoms with van der Waals surface area (Å²) in [7, 11) is 3.27. The second kappa shape index (κ2) is 12.8. The minimum absolute atomic E-state index is 0.172. The number of methoxy groups -OCH3 is 2. The molecule has 7 heteroatoms. The van der Waals surface area contributed by atoms with Crippen molar-refractivity contribution < 1.29 is 23.7 Å². The highest BCUT2D eigenvalue weighted by molar-refractivity contribution is 5.97. The fraction of sp³-hybridized carbons (Fsp3) is 0.345. The number of likely N-dealkylation sites (tertiary alicyclic amines) is 1. The first kappa shape index (κ1) is 25.4. The first-order valence-electron chi connectivity index (χ1n) is 12.3. The topological polar surface area (TPSA) is 69.3 Å². The summed E-state index contributed by atoms with van der Waals surface area (Å²) in [4.78, 5) is 15.5. The van der Waals surface area contributed by atoms with Gasteiger partial charge in [-0.15, -0.1) is 0 Å². The fourth-order valence-electron chi connectivity index (χ4n) is 4.15. The maximum Gasteiger partial charge on any atom is 0.255 e. The average Bonchev–Trinajstić information content (AvgIpc) is 3.45. The number of benzene rings is 3. The lowest BCUT2D eigenvalue weighted by atomic mass is 10.1. The van der Waals surface area contributed by atoms with Gasteiger partial charge in [0.1, 0.15) is 24.7 Å². The number of carbonyl (C=O) groups excluding carboxylic acids is 1. The molecule has 1 aliphatic rings. The van der Waals surface area contributed by atoms with E-state index in [0.717, 1.165) is 42.3 Å². The van der Waals surface area contributed by atoms with Crippen LogP contribution in [0, 0.1) is 0 Å². The summed E-state index contributed by atoms with van der Waals surface area (Å²) in [5.41, 5.74) is 2.40. The summed E-state index contributed by atoms with van der Waals surface area (Å²) in [6, 6.07) is 20.8. The second-order valence-corrected chi connectivity index (χ2v) is 8.71. The Balaban J connectivity index is 1.48. The van der Waals surface area contributed by atoms with Crippen molar-refractivity contribution in [2.24, 2.45) is 0 Å². The molecule has 3 aromatic rings. The number of amides is 1. The number of hydrogen-bond acceptors (Lipinski definition) is 6. The Hall–Kier alpha value is -3.71. The molecule has 1 N–H and O–H groups in total. The molecule has 0 saturated carbocycles. The van der Waals surface area contributed by atoms with Crippen molar-refractivity contribution in [1.82, 2.24) is 10.2 Å². The Morgan fingerprint density at radius 2 is 1.39 bits per heavy atom. The van der Waals surface area contributed by atoms with Crippen LogP contribution < -0.4 is 24.3 Å². The molecule has 1 aliphatic heterocycles. The quantitative estimate of drug-likeness (QED) is 0.397. The summed E-state index contributed by atoms with van der Waals surface area (Å²) >= 11 is 0. The SMILES string of the molecule is COc1ccc(COc2cccc(C(=O)NCCN3CCCC3)c2OCc2ccc(OC)cc2)cc1. The second-order valence-electron chi connectivity index (χ2n) is 8.71. The van der Waals surface area contributed by atoms with Gasteiger partial charge in [0.2, 0.25) is 0 Å². The molecule has 7 nitrogen and oxygen atoms in total. The van der Waals surface area contributed by atoms with Crippen LogP contribution in [0.4, 0.5) is 0 Å². The first-order chi connectivity index (χ1) is 17.7. The Morgan fingerprint density at radius 3 is 1.97 bits per heavy atom. The molecular formula is C29H34N2O5. The molecule has 0 aliphatic carbocycles. The Labute approximate surface area is 212 Å². The lowest BCUT2D eigenvalue weighted by Gasteiger charge is -2.18. The van der Waals surface area contributed by atoms with E-state index in [1.807, 2.05) is 60.7 Å². The van der Waals surface area contributed by atoms with Crippen molar-refractivity contribution in [3.63, 3.8) is 0 Å². The summed E-state index contributed by atoms with van der Waals surface area (Å²) in [5.74, 6) is 2.34. The van der Waals surface area contributed by atoms with Crippen LogP contribution in [-0.4, -0.2) is 51.2 Å². The highest BCUT2D eigenvalue weighted by atomic mass is 16.5. The molecule has 0 bridgehead atoms. The zero-order chi connectivity index (χ0) is 25.2. The summed E-state index contributed by atoms with van der Waals surface area (Å²) in [6.07, 6.45) is 2.45. The Bertz CT molecular complexity index is 1110. The van der Waals surface area contributed by atoms with Crippen LogP contribution >= 0.6 is 0 Å². The molecule has 1 amide bonds. The first-order valence-corrected chi connectivity index (χ1v) is 12.3. The van der Waals surface area contributed by atoms with Gasteiger partial charge in [-0.25, -0.2) is 0 Å². The van der Waals surface area contributed by atoms with Crippen molar-refractivity contribution in [3.8, 4) is 23.0 Å². The molecule has 1 fully saturated rings. The van der Waals surface area contributed by atoms with Crippen LogP contribution in [-0.2, 0) is 13.2 Å². The predicted molar refractivity (Wildman–Crippen MR) is 139 cm³/mol. The standard InChI is InChI=1S/C29H34N2O5/c1-33-24-12-8-22(9-13-24)20-35-27-7-5-6-26(29(32)30-16-19-31-17-3-4-18-31)28(27)36-21-23-10-14-25(34-2)15-11-23/h5-15H,3-4,16-21H2,1-2H3,(H,30,32). The maximum atomic E-state index is 13.1. The third kappa shape index (κ3) is 6.92. The van der Waals surface area contributed by atoms with Gasteiger partial charge in [0.15, 0.2) is 11.5 Å². The molecule has 1 heterocycles. The molecule has 0 radical (unpaired) electrons. The third-order valence-electron chi connectivity index (χ3n) is 6.23. The van der Waals surface area contributed by atoms with Crippen molar-refractivity contribution in [1.29, 1.82) is 0 Å². The Morgan fingerprint density at radius 1 is 0.806 bits per heavy atom. The highest BCUT2D eigenvalue weighted by Gasteiger charge is 2.19. The van der Waals surface area contributed by atoms with Gasteiger partial charge in [0.25, 0.3) is 5.91 Å². The van der Waals surface area contributed by atoms with Gasteiger partial charge in [-0.3, -0.25) is 4.79 Å². The molecule has 3 aromatic carbocycles. The van der Waals surface area contributed by atoms with Crippen molar-refractivity contribution in [2.75, 3.05) is 40.4 Å². The van der Waals surface area contributed by atoms with E-state index in [1.165, 1.54) is 12.8 Å². The van der Waals surface area contributed by atoms with E-state index < -0.39 is 0 Å². The van der Waals surface area contributed by atoms with Gasteiger partial charge >= 0.3 is 0 Å². The zero-order valence-corrected chi connectivity index (χ0v) is 21.0. The number of hydrogen-bond donors (Lipinski definition) is 1. The molecule has 0 unspecified atom stereocenters. The van der Waals surface area contributed by atoms with E-state index in [0.29, 0.717) is 36.8 Å². The molecule has 0 atom stereocenters. The van der Waals surface area contributed by atoms with E-state index in [2.05, 4.69) is 10.2 Å². The molecular weight excluding hydrogens is 456 g/mol. The average molecular weight is 491 g/mol. The van der Waals surface area contributed by atoms with Crippen LogP contribution in [0.2, 0.25) is 0 Å². The minimum Gasteiger partial charge on any atom is -0.497 e. The van der Waals surface area contributed by atoms with Crippen molar-refractivity contribution in [3.05, 3.63) is 83.4 Å². The number of nitrogens with one attached hydrogen (secondary N) is 1. The van der Waals surface area contributed by atoms with E-state index >= 15 is 0 Å². The van der Waals surface area contributed by atoms with Crippen LogP contribution in [0.3, 0.4) is 0 Å². The molecule has 190 valence electrons. The smallest absolute Gasteiger partial charge is 0.255 e. The molecule has 36 heavy (non-hydrogen) atoms. The maximum absolute atomic E-state index is 13.1. The molecule has 4 rings (SSSR count). The molecule has 1 saturated heterocycles. The minimum atomic E-state index is -0.172. The Kier molecular flexibility index (Phi) is 9.05. The predicted octanol–water partition coefficient (Wildman–Crippen LogP) is 4.69. The fourth-order valence-corrected chi connectivity index (χ4v) is 4.15. The number of para-hydroxylation sites is 1. The normalized spacial score (nSPS) is 13.3. The van der Waals surface area contributed by atoms with Gasteiger partial charge in [-0.2, -0.15) is 0 Å². The number of carbonyl (C=O) groups is 1. The van der Waals surface area contributed by atoms with Gasteiger partial charge in [0, 0.05) is 13.1 Å². The lowest BCUT2D eigenvalue weighted by Crippen LogP contribution is -2.33. The largest absolute Gasteiger partial charge is 0.497 e. The van der Waals surface area contributed by atoms with Crippen LogP contribution in [0.1, 0.15) is 34.3 Å². The van der Waals surface area contributed by atoms with Gasteiger partial charge in [0.05, 0.1) is 19.8 Å². The van der Waals surface area contributed by atoms with Gasteiger partial charge in [-0.05, 0) is 73.5 Å². The van der Waals surface area contributed by atoms with Crippen molar-refractivity contribution in [2.45, 2.75) is 26.1 Å². The number of nitrogens with zero attached hydrogens (tertiary/aromatic N) is 1. The van der Waals surface area contributed by atoms with E-state index in [1.54, 1.807) is 20.3 Å².